The van der Waals surface area contributed by atoms with Crippen LogP contribution in [0.25, 0.3) is 4.91 Å². The van der Waals surface area contributed by atoms with Crippen LogP contribution in [0.3, 0.4) is 0 Å². The van der Waals surface area contributed by atoms with Gasteiger partial charge in [0.25, 0.3) is 0 Å². The minimum atomic E-state index is 0.396. The molecule has 0 radical (unpaired) electrons. The average molecular weight is 335 g/mol. The van der Waals surface area contributed by atoms with E-state index in [1.165, 1.54) is 27.2 Å². The molecule has 1 aliphatic carbocycles. The number of fused-ring (bicyclic) bond motifs is 2. The molecule has 0 N–H and O–H groups in total. The van der Waals surface area contributed by atoms with Crippen LogP contribution in [-0.4, -0.2) is 10.1 Å². The predicted molar refractivity (Wildman–Crippen MR) is 105 cm³/mol. The molecule has 2 aliphatic rings. The number of benzene rings is 2. The molecule has 23 heavy (non-hydrogen) atoms. The highest BCUT2D eigenvalue weighted by Gasteiger charge is 2.27. The minimum Gasteiger partial charge on any atom is -0.117 e. The molecule has 4 rings (SSSR count). The molecule has 0 nitrogen and oxygen atoms in total. The third-order valence-electron chi connectivity index (χ3n) is 4.58. The van der Waals surface area contributed by atoms with Gasteiger partial charge in [-0.2, -0.15) is 0 Å². The van der Waals surface area contributed by atoms with Crippen LogP contribution in [0.15, 0.2) is 71.8 Å². The largest absolute Gasteiger partial charge is 0.117 e. The number of thiocarbonyl (C=S) groups is 1. The molecule has 0 aromatic heterocycles. The Labute approximate surface area is 147 Å². The molecule has 1 atom stereocenters. The zero-order chi connectivity index (χ0) is 15.8. The van der Waals surface area contributed by atoms with Crippen LogP contribution in [-0.2, 0) is 6.42 Å². The smallest absolute Gasteiger partial charge is 0.0492 e. The molecular weight excluding hydrogens is 316 g/mol. The van der Waals surface area contributed by atoms with Crippen molar-refractivity contribution >= 4 is 33.7 Å². The molecule has 1 heterocycles. The molecule has 0 amide bonds. The first-order valence-corrected chi connectivity index (χ1v) is 9.32. The van der Waals surface area contributed by atoms with E-state index in [9.17, 15) is 0 Å². The van der Waals surface area contributed by atoms with Gasteiger partial charge in [-0.3, -0.25) is 0 Å². The number of rotatable bonds is 2. The van der Waals surface area contributed by atoms with Crippen molar-refractivity contribution in [2.24, 2.45) is 0 Å². The Balaban J connectivity index is 1.76. The van der Waals surface area contributed by atoms with Crippen LogP contribution in [0.5, 0.6) is 0 Å². The van der Waals surface area contributed by atoms with E-state index in [2.05, 4.69) is 61.5 Å². The molecule has 0 saturated heterocycles. The predicted octanol–water partition coefficient (Wildman–Crippen LogP) is 5.82. The number of aryl methyl sites for hydroxylation is 1. The molecule has 0 fully saturated rings. The van der Waals surface area contributed by atoms with Gasteiger partial charge in [-0.15, -0.1) is 11.8 Å². The summed E-state index contributed by atoms with van der Waals surface area (Å²) in [5.41, 5.74) is 6.82. The van der Waals surface area contributed by atoms with Crippen molar-refractivity contribution in [3.05, 3.63) is 88.5 Å². The van der Waals surface area contributed by atoms with E-state index in [0.29, 0.717) is 5.25 Å². The first-order valence-electron chi connectivity index (χ1n) is 8.03. The summed E-state index contributed by atoms with van der Waals surface area (Å²) < 4.78 is 0. The van der Waals surface area contributed by atoms with Crippen molar-refractivity contribution in [1.82, 2.24) is 0 Å². The molecule has 2 aromatic carbocycles. The number of hydrogen-bond donors (Lipinski definition) is 0. The van der Waals surface area contributed by atoms with E-state index in [4.69, 9.17) is 12.2 Å². The maximum absolute atomic E-state index is 5.78. The number of allylic oxidation sites excluding steroid dienone is 2. The zero-order valence-corrected chi connectivity index (χ0v) is 14.7. The Kier molecular flexibility index (Phi) is 3.96. The summed E-state index contributed by atoms with van der Waals surface area (Å²) in [6.45, 7) is 2.27. The Morgan fingerprint density at radius 1 is 1.00 bits per heavy atom. The normalized spacial score (nSPS) is 19.7. The summed E-state index contributed by atoms with van der Waals surface area (Å²) in [6, 6.07) is 19.2. The maximum atomic E-state index is 5.78. The first-order chi connectivity index (χ1) is 11.2. The Morgan fingerprint density at radius 3 is 2.57 bits per heavy atom. The molecule has 0 saturated carbocycles. The SMILES string of the molecule is CC1SC2=C(C=C1C(=S)c1ccccc1)CCc1ccccc12. The lowest BCUT2D eigenvalue weighted by molar-refractivity contribution is 0.941. The van der Waals surface area contributed by atoms with Crippen LogP contribution in [0.4, 0.5) is 0 Å². The fourth-order valence-electron chi connectivity index (χ4n) is 3.34. The van der Waals surface area contributed by atoms with Gasteiger partial charge in [0, 0.05) is 15.0 Å². The number of hydrogen-bond acceptors (Lipinski definition) is 2. The van der Waals surface area contributed by atoms with Crippen molar-refractivity contribution in [3.63, 3.8) is 0 Å². The average Bonchev–Trinajstić information content (AvgIpc) is 2.61. The van der Waals surface area contributed by atoms with Gasteiger partial charge in [-0.05, 0) is 47.6 Å². The van der Waals surface area contributed by atoms with Gasteiger partial charge in [0.15, 0.2) is 0 Å². The third kappa shape index (κ3) is 2.71. The first kappa shape index (κ1) is 14.9. The van der Waals surface area contributed by atoms with Gasteiger partial charge in [-0.1, -0.05) is 72.9 Å². The molecule has 2 aromatic rings. The van der Waals surface area contributed by atoms with Crippen LogP contribution in [0.1, 0.15) is 30.0 Å². The summed E-state index contributed by atoms with van der Waals surface area (Å²) in [7, 11) is 0. The van der Waals surface area contributed by atoms with Crippen LogP contribution in [0, 0.1) is 0 Å². The summed E-state index contributed by atoms with van der Waals surface area (Å²) in [5.74, 6) is 0. The lowest BCUT2D eigenvalue weighted by Crippen LogP contribution is -2.17. The fourth-order valence-corrected chi connectivity index (χ4v) is 5.10. The standard InChI is InChI=1S/C21H18S2/c1-14-19(20(22)16-8-3-2-4-9-16)13-17-12-11-15-7-5-6-10-18(15)21(17)23-14/h2-10,13-14H,11-12H2,1H3. The van der Waals surface area contributed by atoms with Gasteiger partial charge in [0.05, 0.1) is 0 Å². The van der Waals surface area contributed by atoms with Crippen molar-refractivity contribution < 1.29 is 0 Å². The third-order valence-corrected chi connectivity index (χ3v) is 6.37. The Morgan fingerprint density at radius 2 is 1.74 bits per heavy atom. The fraction of sp³-hybridized carbons (Fsp3) is 0.190. The van der Waals surface area contributed by atoms with Gasteiger partial charge >= 0.3 is 0 Å². The highest BCUT2D eigenvalue weighted by atomic mass is 32.2. The van der Waals surface area contributed by atoms with Crippen LogP contribution >= 0.6 is 24.0 Å². The van der Waals surface area contributed by atoms with E-state index in [-0.39, 0.29) is 0 Å². The highest BCUT2D eigenvalue weighted by Crippen LogP contribution is 2.46. The summed E-state index contributed by atoms with van der Waals surface area (Å²) >= 11 is 7.75. The van der Waals surface area contributed by atoms with E-state index in [0.717, 1.165) is 23.3 Å². The van der Waals surface area contributed by atoms with Crippen molar-refractivity contribution in [1.29, 1.82) is 0 Å². The second-order valence-electron chi connectivity index (χ2n) is 6.07. The Hall–Kier alpha value is -1.64. The molecule has 1 unspecified atom stereocenters. The topological polar surface area (TPSA) is 0 Å². The van der Waals surface area contributed by atoms with E-state index in [1.54, 1.807) is 0 Å². The van der Waals surface area contributed by atoms with Crippen molar-refractivity contribution in [3.8, 4) is 0 Å². The summed E-state index contributed by atoms with van der Waals surface area (Å²) in [5, 5.41) is 0.396. The van der Waals surface area contributed by atoms with Gasteiger partial charge in [0.1, 0.15) is 0 Å². The number of thioether (sulfide) groups is 1. The van der Waals surface area contributed by atoms with E-state index in [1.807, 2.05) is 17.8 Å². The minimum absolute atomic E-state index is 0.396. The monoisotopic (exact) mass is 334 g/mol. The summed E-state index contributed by atoms with van der Waals surface area (Å²) in [6.07, 6.45) is 4.61. The van der Waals surface area contributed by atoms with Crippen molar-refractivity contribution in [2.75, 3.05) is 0 Å². The molecule has 0 bridgehead atoms. The van der Waals surface area contributed by atoms with Crippen molar-refractivity contribution in [2.45, 2.75) is 25.0 Å². The van der Waals surface area contributed by atoms with E-state index >= 15 is 0 Å². The molecule has 1 aliphatic heterocycles. The van der Waals surface area contributed by atoms with Crippen LogP contribution < -0.4 is 0 Å². The maximum Gasteiger partial charge on any atom is 0.0492 e. The molecule has 2 heteroatoms. The highest BCUT2D eigenvalue weighted by molar-refractivity contribution is 8.09. The zero-order valence-electron chi connectivity index (χ0n) is 13.1. The second kappa shape index (κ2) is 6.10. The van der Waals surface area contributed by atoms with Gasteiger partial charge in [0.2, 0.25) is 0 Å². The van der Waals surface area contributed by atoms with Crippen LogP contribution in [0.2, 0.25) is 0 Å². The Bertz CT molecular complexity index is 828. The second-order valence-corrected chi connectivity index (χ2v) is 7.83. The van der Waals surface area contributed by atoms with Gasteiger partial charge < -0.3 is 0 Å². The van der Waals surface area contributed by atoms with E-state index < -0.39 is 0 Å². The summed E-state index contributed by atoms with van der Waals surface area (Å²) in [4.78, 5) is 2.45. The van der Waals surface area contributed by atoms with Gasteiger partial charge in [-0.25, -0.2) is 0 Å². The lowest BCUT2D eigenvalue weighted by Gasteiger charge is -2.30. The molecule has 114 valence electrons. The lowest BCUT2D eigenvalue weighted by atomic mass is 9.89. The quantitative estimate of drug-likeness (QED) is 0.501. The molecule has 0 spiro atoms. The molecular formula is C21H18S2.